The number of carbonyl (C=O) groups excluding carboxylic acids is 1. The fourth-order valence-corrected chi connectivity index (χ4v) is 5.41. The van der Waals surface area contributed by atoms with Crippen LogP contribution < -0.4 is 4.74 Å². The monoisotopic (exact) mass is 489 g/mol. The zero-order chi connectivity index (χ0) is 24.7. The minimum atomic E-state index is -3.12. The van der Waals surface area contributed by atoms with Gasteiger partial charge in [-0.15, -0.1) is 0 Å². The molecule has 0 aromatic heterocycles. The highest BCUT2D eigenvalue weighted by atomic mass is 32.2. The molecule has 2 aliphatic rings. The van der Waals surface area contributed by atoms with E-state index in [0.29, 0.717) is 48.4 Å². The van der Waals surface area contributed by atoms with Crippen LogP contribution in [0.1, 0.15) is 51.2 Å². The SMILES string of the molecule is CC(C)(C)OC(=O)N1CCC2(CCc3cc(-c4ccc(CS(C)(=O)=O)cc4)c(F)cc3O2)CC1. The normalized spacial score (nSPS) is 17.7. The van der Waals surface area contributed by atoms with Gasteiger partial charge in [-0.05, 0) is 56.4 Å². The van der Waals surface area contributed by atoms with Crippen LogP contribution in [0.5, 0.6) is 5.75 Å². The Morgan fingerprint density at radius 3 is 2.35 bits per heavy atom. The van der Waals surface area contributed by atoms with Gasteiger partial charge in [0.05, 0.1) is 5.75 Å². The van der Waals surface area contributed by atoms with Crippen LogP contribution in [0.25, 0.3) is 11.1 Å². The van der Waals surface area contributed by atoms with Gasteiger partial charge < -0.3 is 14.4 Å². The van der Waals surface area contributed by atoms with Crippen molar-refractivity contribution in [1.82, 2.24) is 4.90 Å². The number of hydrogen-bond donors (Lipinski definition) is 0. The van der Waals surface area contributed by atoms with Gasteiger partial charge in [0.25, 0.3) is 0 Å². The standard InChI is InChI=1S/C26H32FNO5S/c1-25(2,3)33-24(29)28-13-11-26(12-14-28)10-9-20-15-21(22(27)16-23(20)32-26)19-7-5-18(6-8-19)17-34(4,30)31/h5-8,15-16H,9-14,17H2,1-4H3. The molecular weight excluding hydrogens is 457 g/mol. The Balaban J connectivity index is 1.46. The van der Waals surface area contributed by atoms with Crippen LogP contribution in [0.15, 0.2) is 36.4 Å². The number of piperidine rings is 1. The van der Waals surface area contributed by atoms with E-state index in [1.165, 1.54) is 12.3 Å². The van der Waals surface area contributed by atoms with Gasteiger partial charge in [0.15, 0.2) is 9.84 Å². The number of sulfone groups is 1. The average molecular weight is 490 g/mol. The second kappa shape index (κ2) is 8.87. The van der Waals surface area contributed by atoms with E-state index < -0.39 is 21.0 Å². The molecule has 34 heavy (non-hydrogen) atoms. The van der Waals surface area contributed by atoms with Gasteiger partial charge >= 0.3 is 6.09 Å². The number of fused-ring (bicyclic) bond motifs is 1. The lowest BCUT2D eigenvalue weighted by molar-refractivity contribution is -0.0273. The fourth-order valence-electron chi connectivity index (χ4n) is 4.62. The van der Waals surface area contributed by atoms with E-state index in [4.69, 9.17) is 9.47 Å². The second-order valence-corrected chi connectivity index (χ2v) is 12.6. The molecule has 0 saturated carbocycles. The van der Waals surface area contributed by atoms with E-state index in [1.54, 1.807) is 29.2 Å². The molecule has 0 unspecified atom stereocenters. The maximum absolute atomic E-state index is 15.1. The van der Waals surface area contributed by atoms with Gasteiger partial charge in [0.1, 0.15) is 22.8 Å². The number of nitrogens with zero attached hydrogens (tertiary/aromatic N) is 1. The lowest BCUT2D eigenvalue weighted by Crippen LogP contribution is -2.52. The Morgan fingerprint density at radius 2 is 1.76 bits per heavy atom. The molecule has 1 saturated heterocycles. The van der Waals surface area contributed by atoms with Crippen molar-refractivity contribution in [1.29, 1.82) is 0 Å². The third-order valence-corrected chi connectivity index (χ3v) is 7.20. The molecule has 0 atom stereocenters. The molecule has 1 spiro atoms. The quantitative estimate of drug-likeness (QED) is 0.598. The van der Waals surface area contributed by atoms with Crippen LogP contribution in [0.2, 0.25) is 0 Å². The van der Waals surface area contributed by atoms with E-state index >= 15 is 4.39 Å². The van der Waals surface area contributed by atoms with Crippen molar-refractivity contribution in [2.75, 3.05) is 19.3 Å². The second-order valence-electron chi connectivity index (χ2n) is 10.5. The first-order valence-electron chi connectivity index (χ1n) is 11.6. The lowest BCUT2D eigenvalue weighted by atomic mass is 9.82. The largest absolute Gasteiger partial charge is 0.487 e. The summed E-state index contributed by atoms with van der Waals surface area (Å²) in [7, 11) is -3.12. The van der Waals surface area contributed by atoms with Crippen molar-refractivity contribution in [2.45, 2.75) is 63.4 Å². The molecule has 2 aliphatic heterocycles. The van der Waals surface area contributed by atoms with Gasteiger partial charge in [0.2, 0.25) is 0 Å². The van der Waals surface area contributed by atoms with Gasteiger partial charge in [0, 0.05) is 43.8 Å². The molecule has 0 radical (unpaired) electrons. The van der Waals surface area contributed by atoms with Gasteiger partial charge in [-0.1, -0.05) is 24.3 Å². The maximum Gasteiger partial charge on any atom is 0.410 e. The molecular formula is C26H32FNO5S. The molecule has 0 bridgehead atoms. The number of aryl methyl sites for hydroxylation is 1. The van der Waals surface area contributed by atoms with E-state index in [2.05, 4.69) is 0 Å². The zero-order valence-electron chi connectivity index (χ0n) is 20.2. The molecule has 0 N–H and O–H groups in total. The van der Waals surface area contributed by atoms with Crippen LogP contribution in [0.3, 0.4) is 0 Å². The van der Waals surface area contributed by atoms with Crippen molar-refractivity contribution in [3.05, 3.63) is 53.3 Å². The smallest absolute Gasteiger partial charge is 0.410 e. The fraction of sp³-hybridized carbons (Fsp3) is 0.500. The van der Waals surface area contributed by atoms with Crippen molar-refractivity contribution in [3.8, 4) is 16.9 Å². The summed E-state index contributed by atoms with van der Waals surface area (Å²) in [6.45, 7) is 6.65. The summed E-state index contributed by atoms with van der Waals surface area (Å²) in [6.07, 6.45) is 3.81. The summed E-state index contributed by atoms with van der Waals surface area (Å²) in [6, 6.07) is 10.2. The third-order valence-electron chi connectivity index (χ3n) is 6.35. The van der Waals surface area contributed by atoms with Gasteiger partial charge in [-0.2, -0.15) is 0 Å². The van der Waals surface area contributed by atoms with E-state index in [1.807, 2.05) is 26.8 Å². The molecule has 184 valence electrons. The minimum absolute atomic E-state index is 0.0404. The highest BCUT2D eigenvalue weighted by Gasteiger charge is 2.41. The number of hydrogen-bond acceptors (Lipinski definition) is 5. The highest BCUT2D eigenvalue weighted by Crippen LogP contribution is 2.42. The Bertz CT molecular complexity index is 1180. The Labute approximate surface area is 201 Å². The van der Waals surface area contributed by atoms with Crippen LogP contribution in [0.4, 0.5) is 9.18 Å². The molecule has 2 aromatic carbocycles. The first-order valence-corrected chi connectivity index (χ1v) is 13.7. The van der Waals surface area contributed by atoms with Crippen molar-refractivity contribution in [3.63, 3.8) is 0 Å². The first kappa shape index (κ1) is 24.5. The topological polar surface area (TPSA) is 72.9 Å². The molecule has 4 rings (SSSR count). The molecule has 1 fully saturated rings. The van der Waals surface area contributed by atoms with Crippen LogP contribution in [-0.2, 0) is 26.7 Å². The number of benzene rings is 2. The summed E-state index contributed by atoms with van der Waals surface area (Å²) >= 11 is 0. The molecule has 0 aliphatic carbocycles. The number of likely N-dealkylation sites (tertiary alicyclic amines) is 1. The highest BCUT2D eigenvalue weighted by molar-refractivity contribution is 7.89. The molecule has 1 amide bonds. The van der Waals surface area contributed by atoms with E-state index in [0.717, 1.165) is 18.4 Å². The van der Waals surface area contributed by atoms with Crippen LogP contribution in [-0.4, -0.2) is 50.0 Å². The predicted octanol–water partition coefficient (Wildman–Crippen LogP) is 5.13. The molecule has 8 heteroatoms. The zero-order valence-corrected chi connectivity index (χ0v) is 21.0. The Hall–Kier alpha value is -2.61. The summed E-state index contributed by atoms with van der Waals surface area (Å²) in [5.74, 6) is 0.145. The Kier molecular flexibility index (Phi) is 6.40. The van der Waals surface area contributed by atoms with E-state index in [-0.39, 0.29) is 17.7 Å². The number of carbonyl (C=O) groups is 1. The number of ether oxygens (including phenoxy) is 2. The van der Waals surface area contributed by atoms with Crippen LogP contribution >= 0.6 is 0 Å². The maximum atomic E-state index is 15.1. The lowest BCUT2D eigenvalue weighted by Gasteiger charge is -2.44. The van der Waals surface area contributed by atoms with Gasteiger partial charge in [-0.25, -0.2) is 17.6 Å². The van der Waals surface area contributed by atoms with Crippen LogP contribution in [0, 0.1) is 5.82 Å². The number of rotatable bonds is 3. The summed E-state index contributed by atoms with van der Waals surface area (Å²) in [5.41, 5.74) is 1.87. The van der Waals surface area contributed by atoms with Crippen molar-refractivity contribution in [2.24, 2.45) is 0 Å². The third kappa shape index (κ3) is 5.71. The summed E-state index contributed by atoms with van der Waals surface area (Å²) in [5, 5.41) is 0. The Morgan fingerprint density at radius 1 is 1.12 bits per heavy atom. The summed E-state index contributed by atoms with van der Waals surface area (Å²) < 4.78 is 49.9. The first-order chi connectivity index (χ1) is 15.8. The molecule has 2 heterocycles. The number of amides is 1. The van der Waals surface area contributed by atoms with E-state index in [9.17, 15) is 13.2 Å². The predicted molar refractivity (Wildman–Crippen MR) is 129 cm³/mol. The van der Waals surface area contributed by atoms with Gasteiger partial charge in [-0.3, -0.25) is 0 Å². The average Bonchev–Trinajstić information content (AvgIpc) is 2.72. The van der Waals surface area contributed by atoms with Crippen molar-refractivity contribution >= 4 is 15.9 Å². The molecule has 2 aromatic rings. The van der Waals surface area contributed by atoms with Crippen molar-refractivity contribution < 1.29 is 27.1 Å². The minimum Gasteiger partial charge on any atom is -0.487 e. The number of halogens is 1. The summed E-state index contributed by atoms with van der Waals surface area (Å²) in [4.78, 5) is 14.1. The molecule has 6 nitrogen and oxygen atoms in total.